The average molecular weight is 429 g/mol. The number of nitrogens with one attached hydrogen (secondary N) is 1. The van der Waals surface area contributed by atoms with Gasteiger partial charge < -0.3 is 5.32 Å². The van der Waals surface area contributed by atoms with Gasteiger partial charge in [-0.1, -0.05) is 41.4 Å². The maximum absolute atomic E-state index is 12.3. The smallest absolute Gasteiger partial charge is 0.278 e. The lowest BCUT2D eigenvalue weighted by Gasteiger charge is -2.04. The first-order valence-corrected chi connectivity index (χ1v) is 8.46. The molecule has 3 aromatic rings. The van der Waals surface area contributed by atoms with E-state index in [0.29, 0.717) is 21.1 Å². The van der Waals surface area contributed by atoms with Crippen molar-refractivity contribution in [2.75, 3.05) is 5.32 Å². The lowest BCUT2D eigenvalue weighted by atomic mass is 10.2. The Kier molecular flexibility index (Phi) is 4.93. The summed E-state index contributed by atoms with van der Waals surface area (Å²) in [5.74, 6) is -0.126. The zero-order valence-electron chi connectivity index (χ0n) is 12.5. The van der Waals surface area contributed by atoms with Crippen molar-refractivity contribution >= 4 is 50.9 Å². The van der Waals surface area contributed by atoms with E-state index < -0.39 is 5.91 Å². The predicted octanol–water partition coefficient (Wildman–Crippen LogP) is 3.99. The molecule has 0 saturated heterocycles. The van der Waals surface area contributed by atoms with E-state index in [1.807, 2.05) is 24.3 Å². The number of benzene rings is 1. The molecule has 124 valence electrons. The highest BCUT2D eigenvalue weighted by atomic mass is 79.9. The van der Waals surface area contributed by atoms with Gasteiger partial charge in [0.05, 0.1) is 11.0 Å². The first-order chi connectivity index (χ1) is 11.4. The number of carbonyl (C=O) groups excluding carboxylic acids is 1. The Labute approximate surface area is 156 Å². The van der Waals surface area contributed by atoms with Gasteiger partial charge in [-0.3, -0.25) is 14.2 Å². The fraction of sp³-hybridized carbons (Fsp3) is 0.133. The van der Waals surface area contributed by atoms with Crippen molar-refractivity contribution in [1.82, 2.24) is 19.6 Å². The van der Waals surface area contributed by atoms with E-state index in [9.17, 15) is 4.79 Å². The fourth-order valence-corrected chi connectivity index (χ4v) is 3.09. The summed E-state index contributed by atoms with van der Waals surface area (Å²) in [5, 5.41) is 12.0. The molecule has 1 N–H and O–H groups in total. The average Bonchev–Trinajstić information content (AvgIpc) is 3.04. The minimum atomic E-state index is -0.396. The molecule has 0 aliphatic carbocycles. The quantitative estimate of drug-likeness (QED) is 0.683. The van der Waals surface area contributed by atoms with Crippen LogP contribution in [0.4, 0.5) is 5.82 Å². The monoisotopic (exact) mass is 427 g/mol. The Hall–Kier alpha value is -1.83. The van der Waals surface area contributed by atoms with Crippen molar-refractivity contribution in [3.05, 3.63) is 62.4 Å². The van der Waals surface area contributed by atoms with Crippen LogP contribution in [-0.4, -0.2) is 25.5 Å². The van der Waals surface area contributed by atoms with Gasteiger partial charge in [-0.15, -0.1) is 0 Å². The van der Waals surface area contributed by atoms with Crippen LogP contribution in [0, 0.1) is 0 Å². The normalized spacial score (nSPS) is 10.8. The molecule has 3 rings (SSSR count). The Bertz CT molecular complexity index is 905. The maximum Gasteiger partial charge on any atom is 0.278 e. The third kappa shape index (κ3) is 3.63. The number of rotatable bonds is 4. The summed E-state index contributed by atoms with van der Waals surface area (Å²) in [4.78, 5) is 12.3. The molecule has 0 aliphatic rings. The molecule has 9 heteroatoms. The van der Waals surface area contributed by atoms with Gasteiger partial charge in [0.2, 0.25) is 0 Å². The highest BCUT2D eigenvalue weighted by Gasteiger charge is 2.18. The van der Waals surface area contributed by atoms with Crippen LogP contribution in [0.15, 0.2) is 41.1 Å². The van der Waals surface area contributed by atoms with E-state index in [-0.39, 0.29) is 11.5 Å². The Balaban J connectivity index is 1.78. The number of nitrogens with zero attached hydrogens (tertiary/aromatic N) is 4. The van der Waals surface area contributed by atoms with Crippen molar-refractivity contribution in [3.63, 3.8) is 0 Å². The number of amides is 1. The van der Waals surface area contributed by atoms with Gasteiger partial charge in [0.15, 0.2) is 11.5 Å². The second-order valence-corrected chi connectivity index (χ2v) is 6.74. The van der Waals surface area contributed by atoms with Crippen LogP contribution in [0.3, 0.4) is 0 Å². The van der Waals surface area contributed by atoms with Crippen LogP contribution in [0.1, 0.15) is 16.1 Å². The number of aromatic nitrogens is 4. The Morgan fingerprint density at radius 3 is 2.62 bits per heavy atom. The van der Waals surface area contributed by atoms with E-state index in [1.54, 1.807) is 24.1 Å². The summed E-state index contributed by atoms with van der Waals surface area (Å²) in [6.07, 6.45) is 3.32. The van der Waals surface area contributed by atoms with Crippen molar-refractivity contribution in [1.29, 1.82) is 0 Å². The standard InChI is InChI=1S/C15H12BrCl2N5O/c1-22-7-10(16)13(20-22)15(24)19-14-12(18)8-23(21-14)6-9-4-2-3-5-11(9)17/h2-5,7-8H,6H2,1H3,(H,19,21,24). The topological polar surface area (TPSA) is 64.7 Å². The summed E-state index contributed by atoms with van der Waals surface area (Å²) in [6.45, 7) is 0.447. The van der Waals surface area contributed by atoms with Gasteiger partial charge in [0.1, 0.15) is 5.02 Å². The molecule has 0 spiro atoms. The molecule has 2 aromatic heterocycles. The molecule has 2 heterocycles. The molecular weight excluding hydrogens is 417 g/mol. The van der Waals surface area contributed by atoms with E-state index in [2.05, 4.69) is 31.4 Å². The second kappa shape index (κ2) is 6.96. The highest BCUT2D eigenvalue weighted by molar-refractivity contribution is 9.10. The molecule has 0 radical (unpaired) electrons. The Morgan fingerprint density at radius 2 is 1.96 bits per heavy atom. The van der Waals surface area contributed by atoms with Crippen LogP contribution in [-0.2, 0) is 13.6 Å². The van der Waals surface area contributed by atoms with E-state index >= 15 is 0 Å². The molecule has 24 heavy (non-hydrogen) atoms. The summed E-state index contributed by atoms with van der Waals surface area (Å²) >= 11 is 15.6. The van der Waals surface area contributed by atoms with Crippen LogP contribution >= 0.6 is 39.1 Å². The van der Waals surface area contributed by atoms with Crippen molar-refractivity contribution < 1.29 is 4.79 Å². The summed E-state index contributed by atoms with van der Waals surface area (Å²) in [7, 11) is 1.73. The van der Waals surface area contributed by atoms with Gasteiger partial charge in [-0.2, -0.15) is 10.2 Å². The zero-order valence-corrected chi connectivity index (χ0v) is 15.6. The molecule has 0 fully saturated rings. The number of hydrogen-bond donors (Lipinski definition) is 1. The first kappa shape index (κ1) is 17.0. The van der Waals surface area contributed by atoms with Crippen LogP contribution < -0.4 is 5.32 Å². The first-order valence-electron chi connectivity index (χ1n) is 6.91. The molecule has 1 amide bonds. The van der Waals surface area contributed by atoms with Crippen LogP contribution in [0.5, 0.6) is 0 Å². The van der Waals surface area contributed by atoms with Gasteiger partial charge in [-0.05, 0) is 27.6 Å². The minimum Gasteiger partial charge on any atom is -0.302 e. The van der Waals surface area contributed by atoms with E-state index in [4.69, 9.17) is 23.2 Å². The zero-order chi connectivity index (χ0) is 17.3. The van der Waals surface area contributed by atoms with Gasteiger partial charge in [0.25, 0.3) is 5.91 Å². The van der Waals surface area contributed by atoms with Gasteiger partial charge in [-0.25, -0.2) is 0 Å². The van der Waals surface area contributed by atoms with Gasteiger partial charge >= 0.3 is 0 Å². The SMILES string of the molecule is Cn1cc(Br)c(C(=O)Nc2nn(Cc3ccccc3Cl)cc2Cl)n1. The molecule has 0 bridgehead atoms. The fourth-order valence-electron chi connectivity index (χ4n) is 2.14. The number of aryl methyl sites for hydroxylation is 1. The maximum atomic E-state index is 12.3. The number of hydrogen-bond acceptors (Lipinski definition) is 3. The lowest BCUT2D eigenvalue weighted by Crippen LogP contribution is -2.14. The van der Waals surface area contributed by atoms with Crippen molar-refractivity contribution in [2.24, 2.45) is 7.05 Å². The predicted molar refractivity (Wildman–Crippen MR) is 96.7 cm³/mol. The highest BCUT2D eigenvalue weighted by Crippen LogP contribution is 2.23. The summed E-state index contributed by atoms with van der Waals surface area (Å²) in [6, 6.07) is 7.47. The van der Waals surface area contributed by atoms with E-state index in [1.165, 1.54) is 4.68 Å². The number of anilines is 1. The molecule has 0 aliphatic heterocycles. The molecule has 0 atom stereocenters. The van der Waals surface area contributed by atoms with E-state index in [0.717, 1.165) is 5.56 Å². The molecular formula is C15H12BrCl2N5O. The lowest BCUT2D eigenvalue weighted by molar-refractivity contribution is 0.102. The minimum absolute atomic E-state index is 0.259. The number of halogens is 3. The van der Waals surface area contributed by atoms with Crippen molar-refractivity contribution in [3.8, 4) is 0 Å². The number of carbonyl (C=O) groups is 1. The van der Waals surface area contributed by atoms with Crippen LogP contribution in [0.2, 0.25) is 10.0 Å². The summed E-state index contributed by atoms with van der Waals surface area (Å²) < 4.78 is 3.75. The molecule has 0 unspecified atom stereocenters. The largest absolute Gasteiger partial charge is 0.302 e. The third-order valence-corrected chi connectivity index (χ3v) is 4.46. The summed E-state index contributed by atoms with van der Waals surface area (Å²) in [5.41, 5.74) is 1.16. The molecule has 6 nitrogen and oxygen atoms in total. The molecule has 0 saturated carbocycles. The van der Waals surface area contributed by atoms with Gasteiger partial charge in [0, 0.05) is 24.5 Å². The third-order valence-electron chi connectivity index (χ3n) is 3.24. The second-order valence-electron chi connectivity index (χ2n) is 5.07. The van der Waals surface area contributed by atoms with Crippen molar-refractivity contribution in [2.45, 2.75) is 6.54 Å². The molecule has 1 aromatic carbocycles. The Morgan fingerprint density at radius 1 is 1.21 bits per heavy atom. The van der Waals surface area contributed by atoms with Crippen LogP contribution in [0.25, 0.3) is 0 Å².